The van der Waals surface area contributed by atoms with Gasteiger partial charge in [0.25, 0.3) is 0 Å². The van der Waals surface area contributed by atoms with Crippen LogP contribution >= 0.6 is 12.6 Å². The lowest BCUT2D eigenvalue weighted by Gasteiger charge is -2.19. The predicted molar refractivity (Wildman–Crippen MR) is 62.5 cm³/mol. The van der Waals surface area contributed by atoms with Gasteiger partial charge in [0.1, 0.15) is 0 Å². The fourth-order valence-corrected chi connectivity index (χ4v) is 1.43. The van der Waals surface area contributed by atoms with Crippen LogP contribution in [0, 0.1) is 0 Å². The molecule has 0 fully saturated rings. The highest BCUT2D eigenvalue weighted by molar-refractivity contribution is 7.80. The van der Waals surface area contributed by atoms with Gasteiger partial charge in [0.05, 0.1) is 0 Å². The first kappa shape index (κ1) is 10.6. The second-order valence-corrected chi connectivity index (χ2v) is 5.32. The Kier molecular flexibility index (Phi) is 3.07. The van der Waals surface area contributed by atoms with Crippen LogP contribution in [0.15, 0.2) is 24.3 Å². The molecule has 0 N–H and O–H groups in total. The monoisotopic (exact) mass is 194 g/mol. The third-order valence-corrected chi connectivity index (χ3v) is 2.56. The summed E-state index contributed by atoms with van der Waals surface area (Å²) in [6.45, 7) is 8.78. The second kappa shape index (κ2) is 3.75. The molecule has 0 saturated heterocycles. The minimum Gasteiger partial charge on any atom is -0.171 e. The summed E-state index contributed by atoms with van der Waals surface area (Å²) in [6, 6.07) is 8.72. The van der Waals surface area contributed by atoms with E-state index in [4.69, 9.17) is 0 Å². The summed E-state index contributed by atoms with van der Waals surface area (Å²) in [5.74, 6) is 0. The van der Waals surface area contributed by atoms with Crippen molar-refractivity contribution in [1.29, 1.82) is 0 Å². The van der Waals surface area contributed by atoms with Gasteiger partial charge in [-0.2, -0.15) is 12.6 Å². The van der Waals surface area contributed by atoms with Crippen LogP contribution in [0.4, 0.5) is 0 Å². The van der Waals surface area contributed by atoms with Gasteiger partial charge in [-0.05, 0) is 23.5 Å². The van der Waals surface area contributed by atoms with Crippen LogP contribution in [0.5, 0.6) is 0 Å². The van der Waals surface area contributed by atoms with E-state index in [2.05, 4.69) is 64.6 Å². The fourth-order valence-electron chi connectivity index (χ4n) is 1.26. The number of benzene rings is 1. The molecule has 0 nitrogen and oxygen atoms in total. The zero-order valence-electron chi connectivity index (χ0n) is 8.83. The average Bonchev–Trinajstić information content (AvgIpc) is 2.03. The van der Waals surface area contributed by atoms with Crippen molar-refractivity contribution in [3.63, 3.8) is 0 Å². The van der Waals surface area contributed by atoms with E-state index in [1.807, 2.05) is 0 Å². The molecule has 0 aliphatic carbocycles. The van der Waals surface area contributed by atoms with Crippen molar-refractivity contribution in [3.8, 4) is 0 Å². The van der Waals surface area contributed by atoms with Crippen LogP contribution in [0.2, 0.25) is 0 Å². The minimum atomic E-state index is 0.248. The SMILES string of the molecule is CC(S)c1ccc(C(C)(C)C)cc1. The maximum absolute atomic E-state index is 4.39. The molecule has 1 heteroatoms. The molecule has 72 valence electrons. The lowest BCUT2D eigenvalue weighted by molar-refractivity contribution is 0.590. The van der Waals surface area contributed by atoms with Crippen LogP contribution in [0.1, 0.15) is 44.1 Å². The van der Waals surface area contributed by atoms with E-state index < -0.39 is 0 Å². The Morgan fingerprint density at radius 3 is 1.85 bits per heavy atom. The van der Waals surface area contributed by atoms with Crippen LogP contribution in [-0.4, -0.2) is 0 Å². The molecule has 0 heterocycles. The maximum Gasteiger partial charge on any atom is 0.0238 e. The zero-order chi connectivity index (χ0) is 10.1. The van der Waals surface area contributed by atoms with E-state index >= 15 is 0 Å². The maximum atomic E-state index is 4.39. The van der Waals surface area contributed by atoms with Crippen molar-refractivity contribution in [2.45, 2.75) is 38.4 Å². The summed E-state index contributed by atoms with van der Waals surface area (Å²) in [5.41, 5.74) is 2.92. The van der Waals surface area contributed by atoms with Crippen molar-refractivity contribution < 1.29 is 0 Å². The highest BCUT2D eigenvalue weighted by Gasteiger charge is 2.13. The quantitative estimate of drug-likeness (QED) is 0.642. The summed E-state index contributed by atoms with van der Waals surface area (Å²) in [4.78, 5) is 0. The molecular weight excluding hydrogens is 176 g/mol. The summed E-state index contributed by atoms with van der Waals surface area (Å²) in [7, 11) is 0. The van der Waals surface area contributed by atoms with Gasteiger partial charge in [0, 0.05) is 5.25 Å². The molecule has 0 aliphatic heterocycles. The van der Waals surface area contributed by atoms with E-state index in [-0.39, 0.29) is 5.41 Å². The van der Waals surface area contributed by atoms with E-state index in [1.165, 1.54) is 11.1 Å². The molecule has 1 rings (SSSR count). The van der Waals surface area contributed by atoms with Crippen LogP contribution in [-0.2, 0) is 5.41 Å². The van der Waals surface area contributed by atoms with Crippen LogP contribution in [0.3, 0.4) is 0 Å². The van der Waals surface area contributed by atoms with Gasteiger partial charge in [-0.3, -0.25) is 0 Å². The van der Waals surface area contributed by atoms with E-state index in [9.17, 15) is 0 Å². The van der Waals surface area contributed by atoms with Crippen molar-refractivity contribution in [2.24, 2.45) is 0 Å². The smallest absolute Gasteiger partial charge is 0.0238 e. The number of hydrogen-bond donors (Lipinski definition) is 1. The third-order valence-electron chi connectivity index (χ3n) is 2.26. The topological polar surface area (TPSA) is 0 Å². The Hall–Kier alpha value is -0.430. The molecule has 0 saturated carbocycles. The minimum absolute atomic E-state index is 0.248. The summed E-state index contributed by atoms with van der Waals surface area (Å²) in [5, 5.41) is 0.328. The first-order valence-corrected chi connectivity index (χ1v) is 5.21. The molecule has 1 aromatic carbocycles. The Bertz CT molecular complexity index is 264. The summed E-state index contributed by atoms with van der Waals surface area (Å²) < 4.78 is 0. The number of hydrogen-bond acceptors (Lipinski definition) is 1. The van der Waals surface area contributed by atoms with Gasteiger partial charge >= 0.3 is 0 Å². The van der Waals surface area contributed by atoms with Gasteiger partial charge in [-0.15, -0.1) is 0 Å². The Morgan fingerprint density at radius 1 is 1.08 bits per heavy atom. The first-order chi connectivity index (χ1) is 5.91. The van der Waals surface area contributed by atoms with Crippen molar-refractivity contribution >= 4 is 12.6 Å². The van der Waals surface area contributed by atoms with Gasteiger partial charge in [0.15, 0.2) is 0 Å². The first-order valence-electron chi connectivity index (χ1n) is 4.70. The van der Waals surface area contributed by atoms with E-state index in [0.29, 0.717) is 5.25 Å². The van der Waals surface area contributed by atoms with Gasteiger partial charge in [-0.25, -0.2) is 0 Å². The normalized spacial score (nSPS) is 14.2. The van der Waals surface area contributed by atoms with Gasteiger partial charge in [0.2, 0.25) is 0 Å². The predicted octanol–water partition coefficient (Wildman–Crippen LogP) is 3.97. The lowest BCUT2D eigenvalue weighted by atomic mass is 9.86. The molecule has 1 aromatic rings. The molecule has 1 unspecified atom stereocenters. The Balaban J connectivity index is 2.94. The van der Waals surface area contributed by atoms with Crippen molar-refractivity contribution in [3.05, 3.63) is 35.4 Å². The molecule has 0 amide bonds. The molecule has 0 radical (unpaired) electrons. The highest BCUT2D eigenvalue weighted by atomic mass is 32.1. The summed E-state index contributed by atoms with van der Waals surface area (Å²) in [6.07, 6.45) is 0. The molecule has 0 spiro atoms. The third kappa shape index (κ3) is 2.77. The number of rotatable bonds is 1. The molecule has 0 aromatic heterocycles. The summed E-state index contributed by atoms with van der Waals surface area (Å²) >= 11 is 4.39. The van der Waals surface area contributed by atoms with Crippen molar-refractivity contribution in [2.75, 3.05) is 0 Å². The number of thiol groups is 1. The van der Waals surface area contributed by atoms with Crippen LogP contribution < -0.4 is 0 Å². The van der Waals surface area contributed by atoms with Gasteiger partial charge in [-0.1, -0.05) is 45.0 Å². The van der Waals surface area contributed by atoms with Crippen molar-refractivity contribution in [1.82, 2.24) is 0 Å². The Morgan fingerprint density at radius 2 is 1.54 bits per heavy atom. The second-order valence-electron chi connectivity index (χ2n) is 4.55. The molecule has 1 atom stereocenters. The standard InChI is InChI=1S/C12H18S/c1-9(13)10-5-7-11(8-6-10)12(2,3)4/h5-9,13H,1-4H3. The molecular formula is C12H18S. The lowest BCUT2D eigenvalue weighted by Crippen LogP contribution is -2.10. The van der Waals surface area contributed by atoms with Gasteiger partial charge < -0.3 is 0 Å². The molecule has 13 heavy (non-hydrogen) atoms. The van der Waals surface area contributed by atoms with Crippen LogP contribution in [0.25, 0.3) is 0 Å². The largest absolute Gasteiger partial charge is 0.171 e. The molecule has 0 aliphatic rings. The zero-order valence-corrected chi connectivity index (χ0v) is 9.73. The van der Waals surface area contributed by atoms with E-state index in [0.717, 1.165) is 0 Å². The Labute approximate surface area is 86.8 Å². The van der Waals surface area contributed by atoms with E-state index in [1.54, 1.807) is 0 Å². The fraction of sp³-hybridized carbons (Fsp3) is 0.500. The average molecular weight is 194 g/mol. The molecule has 0 bridgehead atoms. The highest BCUT2D eigenvalue weighted by Crippen LogP contribution is 2.25.